The van der Waals surface area contributed by atoms with E-state index in [0.717, 1.165) is 29.8 Å². The zero-order chi connectivity index (χ0) is 19.0. The highest BCUT2D eigenvalue weighted by Crippen LogP contribution is 2.38. The average Bonchev–Trinajstić information content (AvgIpc) is 3.36. The minimum absolute atomic E-state index is 0.389. The summed E-state index contributed by atoms with van der Waals surface area (Å²) in [6.07, 6.45) is 1.37. The number of benzene rings is 1. The van der Waals surface area contributed by atoms with E-state index in [1.807, 2.05) is 26.8 Å². The average molecular weight is 375 g/mol. The number of hydrogen-bond donors (Lipinski definition) is 1. The molecule has 3 rings (SSSR count). The lowest BCUT2D eigenvalue weighted by molar-refractivity contribution is -0.123. The molecule has 1 saturated carbocycles. The zero-order valence-electron chi connectivity index (χ0n) is 15.4. The smallest absolute Gasteiger partial charge is 0.340 e. The minimum atomic E-state index is -0.912. The molecule has 0 unspecified atom stereocenters. The molecule has 1 aromatic heterocycles. The lowest BCUT2D eigenvalue weighted by atomic mass is 10.2. The van der Waals surface area contributed by atoms with Crippen molar-refractivity contribution in [1.29, 1.82) is 0 Å². The first-order chi connectivity index (χ1) is 12.3. The summed E-state index contributed by atoms with van der Waals surface area (Å²) in [5, 5.41) is 3.33. The van der Waals surface area contributed by atoms with Crippen LogP contribution in [-0.4, -0.2) is 22.5 Å². The number of ether oxygens (including phenoxy) is 1. The third kappa shape index (κ3) is 3.63. The predicted octanol–water partition coefficient (Wildman–Crippen LogP) is 4.59. The van der Waals surface area contributed by atoms with E-state index in [9.17, 15) is 9.59 Å². The first kappa shape index (κ1) is 18.5. The highest BCUT2D eigenvalue weighted by Gasteiger charge is 2.29. The number of aromatic nitrogens is 1. The molecule has 0 bridgehead atoms. The largest absolute Gasteiger partial charge is 0.449 e. The van der Waals surface area contributed by atoms with Crippen LogP contribution in [0.2, 0.25) is 5.02 Å². The van der Waals surface area contributed by atoms with Crippen LogP contribution in [0.5, 0.6) is 0 Å². The van der Waals surface area contributed by atoms with Crippen LogP contribution in [0.3, 0.4) is 0 Å². The van der Waals surface area contributed by atoms with Crippen molar-refractivity contribution in [1.82, 2.24) is 4.57 Å². The number of esters is 1. The van der Waals surface area contributed by atoms with Gasteiger partial charge in [0.05, 0.1) is 5.56 Å². The second-order valence-electron chi connectivity index (χ2n) is 6.84. The maximum absolute atomic E-state index is 12.5. The Morgan fingerprint density at radius 2 is 1.96 bits per heavy atom. The molecule has 138 valence electrons. The maximum atomic E-state index is 12.5. The van der Waals surface area contributed by atoms with Gasteiger partial charge in [-0.3, -0.25) is 4.79 Å². The van der Waals surface area contributed by atoms with Crippen molar-refractivity contribution in [2.45, 2.75) is 52.7 Å². The summed E-state index contributed by atoms with van der Waals surface area (Å²) in [7, 11) is 0. The fraction of sp³-hybridized carbons (Fsp3) is 0.400. The van der Waals surface area contributed by atoms with Crippen molar-refractivity contribution < 1.29 is 14.3 Å². The van der Waals surface area contributed by atoms with Crippen molar-refractivity contribution in [3.8, 4) is 0 Å². The molecule has 1 fully saturated rings. The summed E-state index contributed by atoms with van der Waals surface area (Å²) in [5.74, 6) is -0.866. The highest BCUT2D eigenvalue weighted by atomic mass is 35.5. The first-order valence-corrected chi connectivity index (χ1v) is 9.12. The van der Waals surface area contributed by atoms with Gasteiger partial charge in [0.2, 0.25) is 0 Å². The number of nitrogens with one attached hydrogen (secondary N) is 1. The number of halogens is 1. The van der Waals surface area contributed by atoms with E-state index in [4.69, 9.17) is 16.3 Å². The Bertz CT molecular complexity index is 868. The van der Waals surface area contributed by atoms with Crippen LogP contribution >= 0.6 is 11.6 Å². The Hall–Kier alpha value is -2.27. The number of amides is 1. The SMILES string of the molecule is Cc1c(Cl)cccc1NC(=O)[C@@H](C)OC(=O)c1cc(C)n(C2CC2)c1C. The number of carbonyl (C=O) groups excluding carboxylic acids is 2. The van der Waals surface area contributed by atoms with Crippen molar-refractivity contribution >= 4 is 29.2 Å². The summed E-state index contributed by atoms with van der Waals surface area (Å²) in [6.45, 7) is 7.29. The summed E-state index contributed by atoms with van der Waals surface area (Å²) < 4.78 is 7.57. The van der Waals surface area contributed by atoms with Gasteiger partial charge in [-0.2, -0.15) is 0 Å². The topological polar surface area (TPSA) is 60.3 Å². The van der Waals surface area contributed by atoms with E-state index in [-0.39, 0.29) is 5.91 Å². The molecule has 0 saturated heterocycles. The Labute approximate surface area is 158 Å². The van der Waals surface area contributed by atoms with E-state index < -0.39 is 12.1 Å². The van der Waals surface area contributed by atoms with E-state index in [1.54, 1.807) is 25.1 Å². The van der Waals surface area contributed by atoms with Crippen LogP contribution in [0, 0.1) is 20.8 Å². The van der Waals surface area contributed by atoms with E-state index in [1.165, 1.54) is 0 Å². The molecule has 0 aliphatic heterocycles. The minimum Gasteiger partial charge on any atom is -0.449 e. The molecule has 0 radical (unpaired) electrons. The van der Waals surface area contributed by atoms with Crippen LogP contribution in [0.25, 0.3) is 0 Å². The number of rotatable bonds is 5. The molecule has 1 amide bonds. The third-order valence-electron chi connectivity index (χ3n) is 4.79. The number of nitrogens with zero attached hydrogens (tertiary/aromatic N) is 1. The van der Waals surface area contributed by atoms with Crippen molar-refractivity contribution in [2.24, 2.45) is 0 Å². The standard InChI is InChI=1S/C20H23ClN2O3/c1-11-10-16(13(3)23(11)15-8-9-15)20(25)26-14(4)19(24)22-18-7-5-6-17(21)12(18)2/h5-7,10,14-15H,8-9H2,1-4H3,(H,22,24)/t14-/m1/s1. The van der Waals surface area contributed by atoms with Gasteiger partial charge < -0.3 is 14.6 Å². The molecule has 5 nitrogen and oxygen atoms in total. The monoisotopic (exact) mass is 374 g/mol. The maximum Gasteiger partial charge on any atom is 0.340 e. The number of anilines is 1. The summed E-state index contributed by atoms with van der Waals surface area (Å²) in [6, 6.07) is 7.60. The first-order valence-electron chi connectivity index (χ1n) is 8.75. The molecule has 2 aromatic rings. The lowest BCUT2D eigenvalue weighted by Crippen LogP contribution is -2.30. The Morgan fingerprint density at radius 1 is 1.27 bits per heavy atom. The molecule has 1 heterocycles. The molecule has 1 aliphatic rings. The second-order valence-corrected chi connectivity index (χ2v) is 7.24. The van der Waals surface area contributed by atoms with Gasteiger partial charge in [0.25, 0.3) is 5.91 Å². The van der Waals surface area contributed by atoms with Gasteiger partial charge in [-0.05, 0) is 64.3 Å². The van der Waals surface area contributed by atoms with Crippen molar-refractivity contribution in [2.75, 3.05) is 5.32 Å². The van der Waals surface area contributed by atoms with Crippen LogP contribution in [0.1, 0.15) is 53.1 Å². The highest BCUT2D eigenvalue weighted by molar-refractivity contribution is 6.31. The van der Waals surface area contributed by atoms with Crippen LogP contribution in [0.15, 0.2) is 24.3 Å². The third-order valence-corrected chi connectivity index (χ3v) is 5.20. The van der Waals surface area contributed by atoms with E-state index in [2.05, 4.69) is 9.88 Å². The molecular weight excluding hydrogens is 352 g/mol. The predicted molar refractivity (Wildman–Crippen MR) is 102 cm³/mol. The molecule has 1 aromatic carbocycles. The molecular formula is C20H23ClN2O3. The van der Waals surface area contributed by atoms with E-state index in [0.29, 0.717) is 22.3 Å². The summed E-state index contributed by atoms with van der Waals surface area (Å²) >= 11 is 6.07. The fourth-order valence-electron chi connectivity index (χ4n) is 3.13. The molecule has 0 spiro atoms. The number of carbonyl (C=O) groups is 2. The summed E-state index contributed by atoms with van der Waals surface area (Å²) in [4.78, 5) is 24.9. The fourth-order valence-corrected chi connectivity index (χ4v) is 3.31. The normalized spacial score (nSPS) is 14.8. The Kier molecular flexibility index (Phi) is 5.10. The van der Waals surface area contributed by atoms with Gasteiger partial charge >= 0.3 is 5.97 Å². The quantitative estimate of drug-likeness (QED) is 0.779. The van der Waals surface area contributed by atoms with Crippen LogP contribution < -0.4 is 5.32 Å². The van der Waals surface area contributed by atoms with Crippen LogP contribution in [0.4, 0.5) is 5.69 Å². The molecule has 1 atom stereocenters. The van der Waals surface area contributed by atoms with Crippen molar-refractivity contribution in [3.63, 3.8) is 0 Å². The molecule has 1 aliphatic carbocycles. The van der Waals surface area contributed by atoms with Gasteiger partial charge in [0.1, 0.15) is 0 Å². The van der Waals surface area contributed by atoms with Gasteiger partial charge in [0.15, 0.2) is 6.10 Å². The molecule has 1 N–H and O–H groups in total. The van der Waals surface area contributed by atoms with Gasteiger partial charge in [0, 0.05) is 28.1 Å². The second kappa shape index (κ2) is 7.16. The molecule has 26 heavy (non-hydrogen) atoms. The van der Waals surface area contributed by atoms with Crippen molar-refractivity contribution in [3.05, 3.63) is 51.8 Å². The van der Waals surface area contributed by atoms with Gasteiger partial charge in [-0.1, -0.05) is 17.7 Å². The summed E-state index contributed by atoms with van der Waals surface area (Å²) in [5.41, 5.74) is 3.84. The molecule has 6 heteroatoms. The Morgan fingerprint density at radius 3 is 2.62 bits per heavy atom. The lowest BCUT2D eigenvalue weighted by Gasteiger charge is -2.15. The number of hydrogen-bond acceptors (Lipinski definition) is 3. The van der Waals surface area contributed by atoms with Gasteiger partial charge in [-0.15, -0.1) is 0 Å². The van der Waals surface area contributed by atoms with E-state index >= 15 is 0 Å². The van der Waals surface area contributed by atoms with Crippen LogP contribution in [-0.2, 0) is 9.53 Å². The Balaban J connectivity index is 1.68. The zero-order valence-corrected chi connectivity index (χ0v) is 16.2. The van der Waals surface area contributed by atoms with Gasteiger partial charge in [-0.25, -0.2) is 4.79 Å². The number of aryl methyl sites for hydroxylation is 1.